The van der Waals surface area contributed by atoms with Crippen molar-refractivity contribution in [3.8, 4) is 0 Å². The third kappa shape index (κ3) is 5.60. The second-order valence-corrected chi connectivity index (χ2v) is 18.4. The predicted molar refractivity (Wildman–Crippen MR) is 193 cm³/mol. The number of allylic oxidation sites excluding steroid dienone is 1. The summed E-state index contributed by atoms with van der Waals surface area (Å²) in [6.45, 7) is 22.3. The summed E-state index contributed by atoms with van der Waals surface area (Å²) < 4.78 is 25.7. The first-order chi connectivity index (χ1) is 23.1. The Hall–Kier alpha value is -2.02. The topological polar surface area (TPSA) is 71.1 Å². The van der Waals surface area contributed by atoms with E-state index in [1.54, 1.807) is 12.7 Å². The van der Waals surface area contributed by atoms with E-state index < -0.39 is 0 Å². The lowest BCUT2D eigenvalue weighted by Gasteiger charge is -2.71. The lowest BCUT2D eigenvalue weighted by Crippen LogP contribution is -2.70. The Kier molecular flexibility index (Phi) is 9.90. The molecule has 4 fully saturated rings. The number of benzene rings is 1. The van der Waals surface area contributed by atoms with E-state index in [1.165, 1.54) is 0 Å². The maximum atomic E-state index is 14.7. The Labute approximate surface area is 296 Å². The molecule has 0 unspecified atom stereocenters. The lowest BCUT2D eigenvalue weighted by molar-refractivity contribution is -0.266. The summed E-state index contributed by atoms with van der Waals surface area (Å²) in [4.78, 5) is 27.4. The summed E-state index contributed by atoms with van der Waals surface area (Å²) in [6, 6.07) is 10.1. The molecule has 4 aliphatic carbocycles. The standard InChI is InChI=1S/C43H64O6/c1-27(2)29(5)39(6)20-21-41(8)31-16-17-35-40(7)25-47-26-43(35,22-34(46-10)37(40)48-24-33(44)28(3)4)32(31)18-19-42(41,9)36(39)38(45)49-23-30-14-12-11-13-15-30/h11-15,18,27-29,31,34-37H,16-17,19-26H2,1-10H3/t29-,31+,34-,35+,36-,37+,39-,40-,41-,42+,43+/m1/s1. The molecule has 1 saturated heterocycles. The second-order valence-electron chi connectivity index (χ2n) is 18.4. The highest BCUT2D eigenvalue weighted by molar-refractivity contribution is 5.81. The van der Waals surface area contributed by atoms with Crippen LogP contribution in [0.2, 0.25) is 0 Å². The van der Waals surface area contributed by atoms with Gasteiger partial charge in [-0.25, -0.2) is 0 Å². The first-order valence-electron chi connectivity index (χ1n) is 19.2. The average Bonchev–Trinajstić information content (AvgIpc) is 3.06. The van der Waals surface area contributed by atoms with Gasteiger partial charge in [0.1, 0.15) is 13.2 Å². The lowest BCUT2D eigenvalue weighted by atomic mass is 9.34. The van der Waals surface area contributed by atoms with Crippen molar-refractivity contribution in [2.24, 2.45) is 62.6 Å². The molecule has 6 nitrogen and oxygen atoms in total. The number of hydrogen-bond donors (Lipinski definition) is 0. The minimum absolute atomic E-state index is 0.0300. The van der Waals surface area contributed by atoms with E-state index in [1.807, 2.05) is 44.2 Å². The summed E-state index contributed by atoms with van der Waals surface area (Å²) in [6.07, 6.45) is 8.23. The van der Waals surface area contributed by atoms with Crippen LogP contribution in [0.15, 0.2) is 42.0 Å². The molecule has 1 aromatic rings. The molecule has 0 spiro atoms. The van der Waals surface area contributed by atoms with Crippen molar-refractivity contribution >= 4 is 11.8 Å². The van der Waals surface area contributed by atoms with Crippen LogP contribution in [0.4, 0.5) is 0 Å². The molecule has 272 valence electrons. The molecular weight excluding hydrogens is 612 g/mol. The van der Waals surface area contributed by atoms with Crippen molar-refractivity contribution < 1.29 is 28.5 Å². The molecule has 2 bridgehead atoms. The van der Waals surface area contributed by atoms with Gasteiger partial charge >= 0.3 is 5.97 Å². The van der Waals surface area contributed by atoms with E-state index in [9.17, 15) is 9.59 Å². The zero-order valence-electron chi connectivity index (χ0n) is 32.1. The van der Waals surface area contributed by atoms with Gasteiger partial charge in [0, 0.05) is 23.9 Å². The summed E-state index contributed by atoms with van der Waals surface area (Å²) in [5.41, 5.74) is 1.67. The normalized spacial score (nSPS) is 42.0. The fourth-order valence-corrected chi connectivity index (χ4v) is 12.2. The molecule has 0 aromatic heterocycles. The van der Waals surface area contributed by atoms with Crippen molar-refractivity contribution in [2.75, 3.05) is 26.9 Å². The Morgan fingerprint density at radius 1 is 0.939 bits per heavy atom. The first kappa shape index (κ1) is 36.8. The van der Waals surface area contributed by atoms with Gasteiger partial charge < -0.3 is 18.9 Å². The van der Waals surface area contributed by atoms with Crippen molar-refractivity contribution in [3.63, 3.8) is 0 Å². The van der Waals surface area contributed by atoms with Gasteiger partial charge in [-0.2, -0.15) is 0 Å². The highest BCUT2D eigenvalue weighted by Gasteiger charge is 2.72. The van der Waals surface area contributed by atoms with Crippen LogP contribution in [0.25, 0.3) is 0 Å². The van der Waals surface area contributed by atoms with Gasteiger partial charge in [0.05, 0.1) is 31.3 Å². The third-order valence-corrected chi connectivity index (χ3v) is 15.6. The van der Waals surface area contributed by atoms with Gasteiger partial charge in [-0.15, -0.1) is 0 Å². The average molecular weight is 677 g/mol. The van der Waals surface area contributed by atoms with Crippen molar-refractivity contribution in [2.45, 2.75) is 120 Å². The van der Waals surface area contributed by atoms with Crippen LogP contribution >= 0.6 is 0 Å². The van der Waals surface area contributed by atoms with Crippen LogP contribution in [0.1, 0.15) is 106 Å². The maximum absolute atomic E-state index is 14.7. The fraction of sp³-hybridized carbons (Fsp3) is 0.767. The number of fused-ring (bicyclic) bond motifs is 3. The fourth-order valence-electron chi connectivity index (χ4n) is 12.2. The number of carbonyl (C=O) groups is 2. The van der Waals surface area contributed by atoms with Gasteiger partial charge in [0.2, 0.25) is 0 Å². The summed E-state index contributed by atoms with van der Waals surface area (Å²) in [5.74, 6) is 1.40. The molecule has 6 rings (SSSR count). The number of hydrogen-bond acceptors (Lipinski definition) is 6. The molecule has 3 saturated carbocycles. The molecule has 0 N–H and O–H groups in total. The molecule has 49 heavy (non-hydrogen) atoms. The Morgan fingerprint density at radius 3 is 2.31 bits per heavy atom. The minimum Gasteiger partial charge on any atom is -0.461 e. The Morgan fingerprint density at radius 2 is 1.65 bits per heavy atom. The van der Waals surface area contributed by atoms with Crippen LogP contribution in [0, 0.1) is 62.6 Å². The van der Waals surface area contributed by atoms with E-state index in [2.05, 4.69) is 54.5 Å². The van der Waals surface area contributed by atoms with Crippen LogP contribution in [0.5, 0.6) is 0 Å². The van der Waals surface area contributed by atoms with E-state index >= 15 is 0 Å². The zero-order chi connectivity index (χ0) is 35.6. The van der Waals surface area contributed by atoms with Crippen LogP contribution in [-0.2, 0) is 35.1 Å². The van der Waals surface area contributed by atoms with Crippen LogP contribution in [-0.4, -0.2) is 50.9 Å². The largest absolute Gasteiger partial charge is 0.461 e. The van der Waals surface area contributed by atoms with Crippen molar-refractivity contribution in [1.82, 2.24) is 0 Å². The Balaban J connectivity index is 1.38. The summed E-state index contributed by atoms with van der Waals surface area (Å²) >= 11 is 0. The van der Waals surface area contributed by atoms with Gasteiger partial charge in [0.15, 0.2) is 5.78 Å². The second kappa shape index (κ2) is 13.2. The first-order valence-corrected chi connectivity index (χ1v) is 19.2. The van der Waals surface area contributed by atoms with Gasteiger partial charge in [0.25, 0.3) is 0 Å². The summed E-state index contributed by atoms with van der Waals surface area (Å²) in [7, 11) is 1.81. The van der Waals surface area contributed by atoms with E-state index in [0.29, 0.717) is 43.5 Å². The molecule has 0 amide bonds. The molecule has 6 heteroatoms. The number of Topliss-reactive ketones (excluding diaryl/α,β-unsaturated/α-hetero) is 1. The molecule has 1 aliphatic heterocycles. The van der Waals surface area contributed by atoms with Gasteiger partial charge in [-0.05, 0) is 84.0 Å². The molecule has 1 heterocycles. The zero-order valence-corrected chi connectivity index (χ0v) is 32.1. The van der Waals surface area contributed by atoms with Gasteiger partial charge in [-0.1, -0.05) is 104 Å². The quantitative estimate of drug-likeness (QED) is 0.182. The minimum atomic E-state index is -0.260. The summed E-state index contributed by atoms with van der Waals surface area (Å²) in [5, 5.41) is 0. The van der Waals surface area contributed by atoms with Gasteiger partial charge in [-0.3, -0.25) is 9.59 Å². The molecule has 1 aromatic carbocycles. The third-order valence-electron chi connectivity index (χ3n) is 15.6. The van der Waals surface area contributed by atoms with Crippen molar-refractivity contribution in [1.29, 1.82) is 0 Å². The highest BCUT2D eigenvalue weighted by Crippen LogP contribution is 2.75. The maximum Gasteiger partial charge on any atom is 0.310 e. The van der Waals surface area contributed by atoms with Crippen LogP contribution in [0.3, 0.4) is 0 Å². The molecule has 0 radical (unpaired) electrons. The number of esters is 1. The number of carbonyl (C=O) groups excluding carboxylic acids is 2. The number of rotatable bonds is 10. The Bertz CT molecular complexity index is 1420. The molecular formula is C43H64O6. The van der Waals surface area contributed by atoms with E-state index in [0.717, 1.165) is 44.1 Å². The van der Waals surface area contributed by atoms with Crippen LogP contribution < -0.4 is 0 Å². The number of ether oxygens (including phenoxy) is 4. The van der Waals surface area contributed by atoms with E-state index in [-0.39, 0.29) is 69.5 Å². The van der Waals surface area contributed by atoms with E-state index in [4.69, 9.17) is 18.9 Å². The smallest absolute Gasteiger partial charge is 0.310 e. The monoisotopic (exact) mass is 676 g/mol. The number of ketones is 1. The number of methoxy groups -OCH3 is 1. The van der Waals surface area contributed by atoms with Crippen molar-refractivity contribution in [3.05, 3.63) is 47.5 Å². The molecule has 11 atom stereocenters. The molecule has 5 aliphatic rings. The highest BCUT2D eigenvalue weighted by atomic mass is 16.5. The predicted octanol–water partition coefficient (Wildman–Crippen LogP) is 8.86. The SMILES string of the molecule is CO[C@@H]1C[C@@]23COC[C@](C)([C@@H]2CC[C@H]2C3=CC[C@@]3(C)[C@H](C(=O)OCc4ccccc4)[C@@](C)([C@H](C)C(C)C)CC[C@]23C)[C@H]1OCC(=O)C(C)C.